The molecule has 1 amide bonds. The minimum atomic E-state index is -1.17. The van der Waals surface area contributed by atoms with E-state index in [1.807, 2.05) is 51.1 Å². The minimum absolute atomic E-state index is 0.122. The fourth-order valence-corrected chi connectivity index (χ4v) is 5.42. The number of carbonyl (C=O) groups is 2. The van der Waals surface area contributed by atoms with Crippen molar-refractivity contribution in [1.82, 2.24) is 10.3 Å². The molecule has 0 spiro atoms. The van der Waals surface area contributed by atoms with Gasteiger partial charge in [0.1, 0.15) is 5.78 Å². The quantitative estimate of drug-likeness (QED) is 0.512. The molecular weight excluding hydrogens is 460 g/mol. The maximum absolute atomic E-state index is 13.2. The Balaban J connectivity index is 1.95. The van der Waals surface area contributed by atoms with E-state index in [0.29, 0.717) is 12.8 Å². The highest BCUT2D eigenvalue weighted by Crippen LogP contribution is 2.32. The molecule has 35 heavy (non-hydrogen) atoms. The summed E-state index contributed by atoms with van der Waals surface area (Å²) in [5, 5.41) is 25.7. The van der Waals surface area contributed by atoms with Gasteiger partial charge < -0.3 is 15.5 Å². The van der Waals surface area contributed by atoms with E-state index in [9.17, 15) is 19.8 Å². The Labute approximate surface area is 212 Å². The Morgan fingerprint density at radius 3 is 2.54 bits per heavy atom. The van der Waals surface area contributed by atoms with Crippen molar-refractivity contribution in [3.8, 4) is 0 Å². The molecule has 1 aliphatic rings. The fraction of sp³-hybridized carbons (Fsp3) is 0.536. The van der Waals surface area contributed by atoms with Gasteiger partial charge in [-0.3, -0.25) is 9.59 Å². The molecule has 1 aromatic heterocycles. The standard InChI is InChI=1S/C28H38N2O4S/c1-16-8-7-9-17(2)26(33)18(3)27(34)28(5,6)24(31)15-25(32)30-21(12-10-16)20-11-13-23-22(14-20)29-19(4)35-23/h7-8,10-11,13-14,17-18,21,24,26,31,33H,9,12,15H2,1-6H3,(H,30,32)/t17-,18+,21-,24-,26-/m0/s1. The Morgan fingerprint density at radius 2 is 1.83 bits per heavy atom. The second-order valence-electron chi connectivity index (χ2n) is 10.5. The summed E-state index contributed by atoms with van der Waals surface area (Å²) in [5.41, 5.74) is 1.72. The van der Waals surface area contributed by atoms with Crippen LogP contribution in [0, 0.1) is 24.2 Å². The second-order valence-corrected chi connectivity index (χ2v) is 11.7. The summed E-state index contributed by atoms with van der Waals surface area (Å²) in [4.78, 5) is 30.8. The highest BCUT2D eigenvalue weighted by Gasteiger charge is 2.42. The molecule has 1 aliphatic heterocycles. The van der Waals surface area contributed by atoms with Crippen LogP contribution >= 0.6 is 11.3 Å². The van der Waals surface area contributed by atoms with E-state index >= 15 is 0 Å². The van der Waals surface area contributed by atoms with E-state index in [4.69, 9.17) is 0 Å². The van der Waals surface area contributed by atoms with Crippen LogP contribution in [-0.2, 0) is 9.59 Å². The number of benzene rings is 1. The first-order valence-corrected chi connectivity index (χ1v) is 13.1. The van der Waals surface area contributed by atoms with Gasteiger partial charge in [-0.1, -0.05) is 57.6 Å². The SMILES string of the molecule is CC1=CC[C@@H](c2ccc3sc(C)nc3c2)NC(=O)C[C@H](O)C(C)(C)C(=O)[C@H](C)[C@@H](O)[C@@H](C)CC=C1. The van der Waals surface area contributed by atoms with Crippen LogP contribution in [0.3, 0.4) is 0 Å². The maximum atomic E-state index is 13.2. The molecular formula is C28H38N2O4S. The number of allylic oxidation sites excluding steroid dienone is 3. The number of fused-ring (bicyclic) bond motifs is 1. The van der Waals surface area contributed by atoms with Gasteiger partial charge in [-0.2, -0.15) is 0 Å². The number of aliphatic hydroxyl groups is 2. The van der Waals surface area contributed by atoms with Crippen LogP contribution < -0.4 is 5.32 Å². The zero-order valence-corrected chi connectivity index (χ0v) is 22.4. The molecule has 0 bridgehead atoms. The summed E-state index contributed by atoms with van der Waals surface area (Å²) in [7, 11) is 0. The van der Waals surface area contributed by atoms with E-state index in [0.717, 1.165) is 26.4 Å². The molecule has 3 N–H and O–H groups in total. The second kappa shape index (κ2) is 11.1. The van der Waals surface area contributed by atoms with Crippen LogP contribution in [0.5, 0.6) is 0 Å². The van der Waals surface area contributed by atoms with Crippen molar-refractivity contribution in [2.24, 2.45) is 17.3 Å². The number of nitrogens with zero attached hydrogens (tertiary/aromatic N) is 1. The normalized spacial score (nSPS) is 29.1. The van der Waals surface area contributed by atoms with Crippen LogP contribution in [0.2, 0.25) is 0 Å². The highest BCUT2D eigenvalue weighted by molar-refractivity contribution is 7.18. The van der Waals surface area contributed by atoms with E-state index in [1.54, 1.807) is 32.1 Å². The minimum Gasteiger partial charge on any atom is -0.392 e. The zero-order valence-electron chi connectivity index (χ0n) is 21.5. The third kappa shape index (κ3) is 6.46. The van der Waals surface area contributed by atoms with E-state index < -0.39 is 23.5 Å². The van der Waals surface area contributed by atoms with E-state index in [-0.39, 0.29) is 30.1 Å². The Hall–Kier alpha value is -2.35. The van der Waals surface area contributed by atoms with Gasteiger partial charge in [0.25, 0.3) is 0 Å². The van der Waals surface area contributed by atoms with Crippen molar-refractivity contribution in [2.75, 3.05) is 0 Å². The van der Waals surface area contributed by atoms with E-state index in [2.05, 4.69) is 16.4 Å². The van der Waals surface area contributed by atoms with Crippen molar-refractivity contribution < 1.29 is 19.8 Å². The summed E-state index contributed by atoms with van der Waals surface area (Å²) >= 11 is 1.63. The molecule has 0 unspecified atom stereocenters. The van der Waals surface area contributed by atoms with Crippen molar-refractivity contribution in [1.29, 1.82) is 0 Å². The molecule has 5 atom stereocenters. The van der Waals surface area contributed by atoms with Crippen LogP contribution in [-0.4, -0.2) is 39.1 Å². The lowest BCUT2D eigenvalue weighted by atomic mass is 9.73. The average Bonchev–Trinajstić information content (AvgIpc) is 3.18. The number of ketones is 1. The maximum Gasteiger partial charge on any atom is 0.223 e. The molecule has 6 nitrogen and oxygen atoms in total. The smallest absolute Gasteiger partial charge is 0.223 e. The molecule has 0 radical (unpaired) electrons. The monoisotopic (exact) mass is 498 g/mol. The lowest BCUT2D eigenvalue weighted by Crippen LogP contribution is -2.46. The Bertz CT molecular complexity index is 1130. The molecule has 2 heterocycles. The van der Waals surface area contributed by atoms with Gasteiger partial charge in [0, 0.05) is 5.92 Å². The first kappa shape index (κ1) is 27.2. The van der Waals surface area contributed by atoms with Gasteiger partial charge in [0.2, 0.25) is 5.91 Å². The molecule has 0 aliphatic carbocycles. The number of thiazole rings is 1. The number of nitrogens with one attached hydrogen (secondary N) is 1. The predicted octanol–water partition coefficient (Wildman–Crippen LogP) is 5.04. The third-order valence-electron chi connectivity index (χ3n) is 7.18. The number of carbonyl (C=O) groups excluding carboxylic acids is 2. The van der Waals surface area contributed by atoms with Gasteiger partial charge in [0.05, 0.1) is 45.3 Å². The number of aliphatic hydroxyl groups excluding tert-OH is 2. The van der Waals surface area contributed by atoms with Gasteiger partial charge in [-0.05, 0) is 50.3 Å². The molecule has 3 rings (SSSR count). The van der Waals surface area contributed by atoms with Crippen molar-refractivity contribution >= 4 is 33.2 Å². The third-order valence-corrected chi connectivity index (χ3v) is 8.13. The highest BCUT2D eigenvalue weighted by atomic mass is 32.1. The van der Waals surface area contributed by atoms with Gasteiger partial charge >= 0.3 is 0 Å². The predicted molar refractivity (Wildman–Crippen MR) is 141 cm³/mol. The number of hydrogen-bond acceptors (Lipinski definition) is 6. The Morgan fingerprint density at radius 1 is 1.11 bits per heavy atom. The number of amides is 1. The largest absolute Gasteiger partial charge is 0.392 e. The molecule has 2 aromatic rings. The zero-order chi connectivity index (χ0) is 25.9. The summed E-state index contributed by atoms with van der Waals surface area (Å²) in [5.74, 6) is -1.35. The van der Waals surface area contributed by atoms with Gasteiger partial charge in [-0.25, -0.2) is 4.98 Å². The molecule has 0 saturated carbocycles. The fourth-order valence-electron chi connectivity index (χ4n) is 4.62. The van der Waals surface area contributed by atoms with Gasteiger partial charge in [-0.15, -0.1) is 11.3 Å². The molecule has 1 aromatic carbocycles. The topological polar surface area (TPSA) is 99.5 Å². The molecule has 0 saturated heterocycles. The lowest BCUT2D eigenvalue weighted by molar-refractivity contribution is -0.143. The number of Topliss-reactive ketones (excluding diaryl/α,β-unsaturated/α-hetero) is 1. The first-order chi connectivity index (χ1) is 16.4. The van der Waals surface area contributed by atoms with Crippen molar-refractivity contribution in [3.05, 3.63) is 52.6 Å². The summed E-state index contributed by atoms with van der Waals surface area (Å²) in [6, 6.07) is 5.75. The average molecular weight is 499 g/mol. The van der Waals surface area contributed by atoms with E-state index in [1.165, 1.54) is 0 Å². The number of aryl methyl sites for hydroxylation is 1. The number of hydrogen-bond donors (Lipinski definition) is 3. The number of rotatable bonds is 1. The van der Waals surface area contributed by atoms with Crippen molar-refractivity contribution in [3.63, 3.8) is 0 Å². The van der Waals surface area contributed by atoms with Crippen LogP contribution in [0.15, 0.2) is 42.0 Å². The van der Waals surface area contributed by atoms with Crippen LogP contribution in [0.4, 0.5) is 0 Å². The molecule has 7 heteroatoms. The van der Waals surface area contributed by atoms with Gasteiger partial charge in [0.15, 0.2) is 0 Å². The van der Waals surface area contributed by atoms with Crippen LogP contribution in [0.25, 0.3) is 10.2 Å². The summed E-state index contributed by atoms with van der Waals surface area (Å²) < 4.78 is 1.10. The summed E-state index contributed by atoms with van der Waals surface area (Å²) in [6.45, 7) is 10.9. The van der Waals surface area contributed by atoms with Crippen molar-refractivity contribution in [2.45, 2.75) is 79.1 Å². The summed E-state index contributed by atoms with van der Waals surface area (Å²) in [6.07, 6.45) is 5.11. The lowest BCUT2D eigenvalue weighted by Gasteiger charge is -2.34. The first-order valence-electron chi connectivity index (χ1n) is 12.3. The van der Waals surface area contributed by atoms with Crippen LogP contribution in [0.1, 0.15) is 70.5 Å². The number of aromatic nitrogens is 1. The Kier molecular flexibility index (Phi) is 8.67. The molecule has 190 valence electrons. The molecule has 0 fully saturated rings.